The van der Waals surface area contributed by atoms with Gasteiger partial charge in [-0.25, -0.2) is 4.98 Å². The lowest BCUT2D eigenvalue weighted by Gasteiger charge is -2.10. The Balaban J connectivity index is 2.40. The maximum atomic E-state index is 9.43. The Bertz CT molecular complexity index is 497. The molecule has 0 aliphatic carbocycles. The van der Waals surface area contributed by atoms with Crippen LogP contribution in [0.25, 0.3) is 10.8 Å². The fourth-order valence-corrected chi connectivity index (χ4v) is 1.54. The number of anilines is 1. The third kappa shape index (κ3) is 2.23. The van der Waals surface area contributed by atoms with E-state index in [4.69, 9.17) is 0 Å². The second-order valence-corrected chi connectivity index (χ2v) is 3.79. The molecular formula is C12H14N2O2. The van der Waals surface area contributed by atoms with E-state index in [9.17, 15) is 10.2 Å². The largest absolute Gasteiger partial charge is 0.508 e. The number of phenols is 1. The Morgan fingerprint density at radius 1 is 1.38 bits per heavy atom. The summed E-state index contributed by atoms with van der Waals surface area (Å²) >= 11 is 0. The van der Waals surface area contributed by atoms with Crippen LogP contribution in [0, 0.1) is 0 Å². The van der Waals surface area contributed by atoms with Crippen molar-refractivity contribution in [2.45, 2.75) is 13.0 Å². The fraction of sp³-hybridized carbons (Fsp3) is 0.250. The van der Waals surface area contributed by atoms with Crippen LogP contribution in [0.3, 0.4) is 0 Å². The number of aliphatic hydroxyl groups excluding tert-OH is 1. The van der Waals surface area contributed by atoms with Gasteiger partial charge in [-0.1, -0.05) is 6.07 Å². The van der Waals surface area contributed by atoms with Crippen molar-refractivity contribution in [2.24, 2.45) is 0 Å². The van der Waals surface area contributed by atoms with Gasteiger partial charge < -0.3 is 15.5 Å². The second kappa shape index (κ2) is 4.37. The first kappa shape index (κ1) is 10.7. The van der Waals surface area contributed by atoms with E-state index in [1.54, 1.807) is 25.3 Å². The van der Waals surface area contributed by atoms with E-state index in [2.05, 4.69) is 10.3 Å². The first-order chi connectivity index (χ1) is 7.66. The summed E-state index contributed by atoms with van der Waals surface area (Å²) in [6.45, 7) is 2.14. The normalized spacial score (nSPS) is 12.6. The van der Waals surface area contributed by atoms with Crippen LogP contribution in [0.1, 0.15) is 6.92 Å². The van der Waals surface area contributed by atoms with Crippen molar-refractivity contribution in [3.05, 3.63) is 30.5 Å². The quantitative estimate of drug-likeness (QED) is 0.734. The average Bonchev–Trinajstić information content (AvgIpc) is 2.26. The third-order valence-electron chi connectivity index (χ3n) is 2.31. The van der Waals surface area contributed by atoms with E-state index in [-0.39, 0.29) is 5.75 Å². The lowest BCUT2D eigenvalue weighted by molar-refractivity contribution is 0.208. The summed E-state index contributed by atoms with van der Waals surface area (Å²) in [6, 6.07) is 7.01. The van der Waals surface area contributed by atoms with E-state index < -0.39 is 6.10 Å². The number of hydrogen-bond donors (Lipinski definition) is 3. The Morgan fingerprint density at radius 2 is 2.19 bits per heavy atom. The Labute approximate surface area is 93.6 Å². The number of aliphatic hydroxyl groups is 1. The molecule has 0 saturated carbocycles. The first-order valence-electron chi connectivity index (χ1n) is 5.16. The van der Waals surface area contributed by atoms with Gasteiger partial charge in [0.2, 0.25) is 0 Å². The number of rotatable bonds is 3. The Kier molecular flexibility index (Phi) is 2.92. The standard InChI is InChI=1S/C12H14N2O2/c1-8(15)7-14-12-11-6-10(16)3-2-9(11)4-5-13-12/h2-6,8,15-16H,7H2,1H3,(H,13,14). The van der Waals surface area contributed by atoms with E-state index in [0.29, 0.717) is 12.4 Å². The topological polar surface area (TPSA) is 65.4 Å². The second-order valence-electron chi connectivity index (χ2n) is 3.79. The molecule has 3 N–H and O–H groups in total. The summed E-state index contributed by atoms with van der Waals surface area (Å²) < 4.78 is 0. The van der Waals surface area contributed by atoms with Gasteiger partial charge in [0, 0.05) is 18.1 Å². The van der Waals surface area contributed by atoms with E-state index >= 15 is 0 Å². The first-order valence-corrected chi connectivity index (χ1v) is 5.16. The number of nitrogens with one attached hydrogen (secondary N) is 1. The third-order valence-corrected chi connectivity index (χ3v) is 2.31. The van der Waals surface area contributed by atoms with Crippen LogP contribution in [-0.4, -0.2) is 27.8 Å². The minimum absolute atomic E-state index is 0.209. The van der Waals surface area contributed by atoms with Crippen LogP contribution in [0.2, 0.25) is 0 Å². The van der Waals surface area contributed by atoms with Gasteiger partial charge in [0.1, 0.15) is 11.6 Å². The zero-order chi connectivity index (χ0) is 11.5. The van der Waals surface area contributed by atoms with Crippen molar-refractivity contribution in [2.75, 3.05) is 11.9 Å². The van der Waals surface area contributed by atoms with Gasteiger partial charge >= 0.3 is 0 Å². The lowest BCUT2D eigenvalue weighted by Crippen LogP contribution is -2.16. The minimum Gasteiger partial charge on any atom is -0.508 e. The molecule has 2 aromatic rings. The molecule has 0 aliphatic heterocycles. The summed E-state index contributed by atoms with van der Waals surface area (Å²) in [4.78, 5) is 4.19. The van der Waals surface area contributed by atoms with Gasteiger partial charge in [-0.15, -0.1) is 0 Å². The summed E-state index contributed by atoms with van der Waals surface area (Å²) in [5.74, 6) is 0.884. The van der Waals surface area contributed by atoms with E-state index in [0.717, 1.165) is 10.8 Å². The monoisotopic (exact) mass is 218 g/mol. The Morgan fingerprint density at radius 3 is 2.94 bits per heavy atom. The van der Waals surface area contributed by atoms with E-state index in [1.807, 2.05) is 12.1 Å². The number of fused-ring (bicyclic) bond motifs is 1. The van der Waals surface area contributed by atoms with Gasteiger partial charge in [0.05, 0.1) is 6.10 Å². The predicted octanol–water partition coefficient (Wildman–Crippen LogP) is 1.73. The minimum atomic E-state index is -0.436. The van der Waals surface area contributed by atoms with Gasteiger partial charge in [-0.05, 0) is 30.5 Å². The number of pyridine rings is 1. The zero-order valence-electron chi connectivity index (χ0n) is 9.01. The molecule has 0 spiro atoms. The maximum Gasteiger partial charge on any atom is 0.134 e. The zero-order valence-corrected chi connectivity index (χ0v) is 9.01. The number of aromatic nitrogens is 1. The average molecular weight is 218 g/mol. The molecule has 16 heavy (non-hydrogen) atoms. The van der Waals surface area contributed by atoms with Crippen LogP contribution in [-0.2, 0) is 0 Å². The van der Waals surface area contributed by atoms with Crippen molar-refractivity contribution in [3.63, 3.8) is 0 Å². The number of nitrogens with zero attached hydrogens (tertiary/aromatic N) is 1. The number of hydrogen-bond acceptors (Lipinski definition) is 4. The maximum absolute atomic E-state index is 9.43. The summed E-state index contributed by atoms with van der Waals surface area (Å²) in [6.07, 6.45) is 1.26. The molecular weight excluding hydrogens is 204 g/mol. The van der Waals surface area contributed by atoms with Crippen molar-refractivity contribution in [1.29, 1.82) is 0 Å². The number of aromatic hydroxyl groups is 1. The van der Waals surface area contributed by atoms with Gasteiger partial charge in [0.25, 0.3) is 0 Å². The van der Waals surface area contributed by atoms with Gasteiger partial charge in [0.15, 0.2) is 0 Å². The summed E-state index contributed by atoms with van der Waals surface area (Å²) in [5.41, 5.74) is 0. The summed E-state index contributed by atoms with van der Waals surface area (Å²) in [7, 11) is 0. The Hall–Kier alpha value is -1.81. The van der Waals surface area contributed by atoms with Crippen molar-refractivity contribution in [1.82, 2.24) is 4.98 Å². The molecule has 0 saturated heterocycles. The molecule has 1 aromatic carbocycles. The molecule has 1 heterocycles. The molecule has 0 aliphatic rings. The van der Waals surface area contributed by atoms with Crippen LogP contribution in [0.5, 0.6) is 5.75 Å². The molecule has 0 amide bonds. The fourth-order valence-electron chi connectivity index (χ4n) is 1.54. The highest BCUT2D eigenvalue weighted by atomic mass is 16.3. The van der Waals surface area contributed by atoms with Crippen LogP contribution < -0.4 is 5.32 Å². The van der Waals surface area contributed by atoms with Crippen molar-refractivity contribution < 1.29 is 10.2 Å². The highest BCUT2D eigenvalue weighted by Gasteiger charge is 2.04. The number of benzene rings is 1. The molecule has 0 bridgehead atoms. The number of phenolic OH excluding ortho intramolecular Hbond substituents is 1. The molecule has 4 nitrogen and oxygen atoms in total. The summed E-state index contributed by atoms with van der Waals surface area (Å²) in [5, 5.41) is 23.5. The lowest BCUT2D eigenvalue weighted by atomic mass is 10.1. The SMILES string of the molecule is CC(O)CNc1nccc2ccc(O)cc12. The molecule has 0 radical (unpaired) electrons. The highest BCUT2D eigenvalue weighted by Crippen LogP contribution is 2.24. The van der Waals surface area contributed by atoms with Gasteiger partial charge in [-0.3, -0.25) is 0 Å². The molecule has 4 heteroatoms. The predicted molar refractivity (Wildman–Crippen MR) is 63.6 cm³/mol. The molecule has 0 fully saturated rings. The van der Waals surface area contributed by atoms with Crippen LogP contribution in [0.4, 0.5) is 5.82 Å². The molecule has 1 atom stereocenters. The molecule has 2 rings (SSSR count). The smallest absolute Gasteiger partial charge is 0.134 e. The van der Waals surface area contributed by atoms with Gasteiger partial charge in [-0.2, -0.15) is 0 Å². The highest BCUT2D eigenvalue weighted by molar-refractivity contribution is 5.92. The van der Waals surface area contributed by atoms with Crippen molar-refractivity contribution in [3.8, 4) is 5.75 Å². The molecule has 1 unspecified atom stereocenters. The molecule has 1 aromatic heterocycles. The molecule has 84 valence electrons. The van der Waals surface area contributed by atoms with E-state index in [1.165, 1.54) is 0 Å². The van der Waals surface area contributed by atoms with Crippen LogP contribution in [0.15, 0.2) is 30.5 Å². The van der Waals surface area contributed by atoms with Crippen LogP contribution >= 0.6 is 0 Å². The van der Waals surface area contributed by atoms with Crippen molar-refractivity contribution >= 4 is 16.6 Å².